The second-order valence-corrected chi connectivity index (χ2v) is 5.07. The van der Waals surface area contributed by atoms with Crippen LogP contribution < -0.4 is 10.6 Å². The van der Waals surface area contributed by atoms with E-state index in [4.69, 9.17) is 15.5 Å². The highest BCUT2D eigenvalue weighted by Crippen LogP contribution is 2.35. The van der Waals surface area contributed by atoms with E-state index in [9.17, 15) is 0 Å². The van der Waals surface area contributed by atoms with Gasteiger partial charge in [0, 0.05) is 11.1 Å². The highest BCUT2D eigenvalue weighted by Gasteiger charge is 2.21. The first-order chi connectivity index (χ1) is 7.40. The number of ether oxygens (including phenoxy) is 1. The number of hydrogen-bond acceptors (Lipinski definition) is 3. The van der Waals surface area contributed by atoms with E-state index in [2.05, 4.69) is 33.8 Å². The second kappa shape index (κ2) is 4.85. The smallest absolute Gasteiger partial charge is 0.128 e. The molecule has 0 amide bonds. The van der Waals surface area contributed by atoms with Gasteiger partial charge in [-0.15, -0.1) is 0 Å². The summed E-state index contributed by atoms with van der Waals surface area (Å²) in [5.74, 6) is 6.02. The molecule has 0 aromatic heterocycles. The van der Waals surface area contributed by atoms with Crippen molar-refractivity contribution in [3.05, 3.63) is 28.8 Å². The fourth-order valence-electron chi connectivity index (χ4n) is 1.84. The lowest BCUT2D eigenvalue weighted by Gasteiger charge is -2.24. The molecule has 0 atom stereocenters. The van der Waals surface area contributed by atoms with Crippen LogP contribution in [0.2, 0.25) is 0 Å². The normalized spacial score (nSPS) is 11.6. The zero-order chi connectivity index (χ0) is 12.3. The van der Waals surface area contributed by atoms with Crippen LogP contribution in [-0.4, -0.2) is 7.11 Å². The van der Waals surface area contributed by atoms with Gasteiger partial charge in [0.15, 0.2) is 0 Å². The van der Waals surface area contributed by atoms with Gasteiger partial charge in [-0.05, 0) is 18.4 Å². The van der Waals surface area contributed by atoms with E-state index in [0.29, 0.717) is 6.61 Å². The molecule has 3 heteroatoms. The van der Waals surface area contributed by atoms with Gasteiger partial charge in [0.2, 0.25) is 0 Å². The van der Waals surface area contributed by atoms with Crippen LogP contribution in [-0.2, 0) is 16.9 Å². The first kappa shape index (κ1) is 13.0. The minimum absolute atomic E-state index is 0.0424. The molecule has 0 heterocycles. The average molecular weight is 223 g/mol. The van der Waals surface area contributed by atoms with E-state index >= 15 is 0 Å². The van der Waals surface area contributed by atoms with Gasteiger partial charge < -0.3 is 4.74 Å². The summed E-state index contributed by atoms with van der Waals surface area (Å²) in [7, 11) is 1.68. The number of nitrogens with two attached hydrogens (primary N) is 1. The SMILES string of the molecule is COc1c(CON)cc(C)cc1C(C)(C)C. The van der Waals surface area contributed by atoms with E-state index < -0.39 is 0 Å². The lowest BCUT2D eigenvalue weighted by atomic mass is 9.84. The van der Waals surface area contributed by atoms with Gasteiger partial charge in [-0.25, -0.2) is 5.90 Å². The van der Waals surface area contributed by atoms with Crippen molar-refractivity contribution < 1.29 is 9.57 Å². The second-order valence-electron chi connectivity index (χ2n) is 5.07. The summed E-state index contributed by atoms with van der Waals surface area (Å²) in [5.41, 5.74) is 3.41. The highest BCUT2D eigenvalue weighted by molar-refractivity contribution is 5.47. The minimum Gasteiger partial charge on any atom is -0.496 e. The standard InChI is InChI=1S/C13H21NO2/c1-9-6-10(8-16-14)12(15-5)11(7-9)13(2,3)4/h6-7H,8,14H2,1-5H3. The molecule has 90 valence electrons. The molecule has 0 aliphatic carbocycles. The quantitative estimate of drug-likeness (QED) is 0.801. The van der Waals surface area contributed by atoms with E-state index in [1.54, 1.807) is 7.11 Å². The maximum Gasteiger partial charge on any atom is 0.128 e. The van der Waals surface area contributed by atoms with Gasteiger partial charge in [0.05, 0.1) is 13.7 Å². The molecule has 1 aromatic rings. The number of rotatable bonds is 3. The van der Waals surface area contributed by atoms with Crippen LogP contribution in [0.1, 0.15) is 37.5 Å². The summed E-state index contributed by atoms with van der Waals surface area (Å²) < 4.78 is 5.47. The van der Waals surface area contributed by atoms with E-state index in [1.807, 2.05) is 6.07 Å². The summed E-state index contributed by atoms with van der Waals surface area (Å²) in [4.78, 5) is 4.71. The Balaban J connectivity index is 3.36. The fraction of sp³-hybridized carbons (Fsp3) is 0.538. The van der Waals surface area contributed by atoms with Crippen molar-refractivity contribution in [2.24, 2.45) is 5.90 Å². The maximum absolute atomic E-state index is 5.47. The Labute approximate surface area is 97.5 Å². The molecule has 0 bridgehead atoms. The summed E-state index contributed by atoms with van der Waals surface area (Å²) in [6.07, 6.45) is 0. The van der Waals surface area contributed by atoms with Crippen LogP contribution in [0.3, 0.4) is 0 Å². The van der Waals surface area contributed by atoms with E-state index in [0.717, 1.165) is 11.3 Å². The molecule has 0 unspecified atom stereocenters. The zero-order valence-electron chi connectivity index (χ0n) is 10.8. The molecule has 0 saturated heterocycles. The third-order valence-corrected chi connectivity index (χ3v) is 2.56. The molecule has 2 N–H and O–H groups in total. The molecule has 1 rings (SSSR count). The highest BCUT2D eigenvalue weighted by atomic mass is 16.6. The Morgan fingerprint density at radius 3 is 2.31 bits per heavy atom. The predicted octanol–water partition coefficient (Wildman–Crippen LogP) is 2.69. The number of methoxy groups -OCH3 is 1. The summed E-state index contributed by atoms with van der Waals surface area (Å²) in [6.45, 7) is 8.93. The Bertz CT molecular complexity index is 367. The first-order valence-electron chi connectivity index (χ1n) is 5.40. The maximum atomic E-state index is 5.47. The Morgan fingerprint density at radius 2 is 1.88 bits per heavy atom. The summed E-state index contributed by atoms with van der Waals surface area (Å²) in [5, 5.41) is 0. The Hall–Kier alpha value is -1.06. The molecule has 0 fully saturated rings. The summed E-state index contributed by atoms with van der Waals surface area (Å²) in [6, 6.07) is 4.19. The molecule has 16 heavy (non-hydrogen) atoms. The van der Waals surface area contributed by atoms with Crippen LogP contribution in [0.25, 0.3) is 0 Å². The lowest BCUT2D eigenvalue weighted by molar-refractivity contribution is 0.122. The van der Waals surface area contributed by atoms with Gasteiger partial charge in [-0.1, -0.05) is 32.4 Å². The van der Waals surface area contributed by atoms with Crippen molar-refractivity contribution in [1.82, 2.24) is 0 Å². The lowest BCUT2D eigenvalue weighted by Crippen LogP contribution is -2.15. The Kier molecular flexibility index (Phi) is 3.94. The van der Waals surface area contributed by atoms with Crippen LogP contribution in [0.15, 0.2) is 12.1 Å². The van der Waals surface area contributed by atoms with Crippen molar-refractivity contribution in [1.29, 1.82) is 0 Å². The molecule has 1 aromatic carbocycles. The molecular formula is C13H21NO2. The molecule has 3 nitrogen and oxygen atoms in total. The summed E-state index contributed by atoms with van der Waals surface area (Å²) >= 11 is 0. The molecule has 0 aliphatic heterocycles. The zero-order valence-corrected chi connectivity index (χ0v) is 10.8. The largest absolute Gasteiger partial charge is 0.496 e. The van der Waals surface area contributed by atoms with Crippen LogP contribution >= 0.6 is 0 Å². The average Bonchev–Trinajstić information content (AvgIpc) is 2.16. The first-order valence-corrected chi connectivity index (χ1v) is 5.40. The third kappa shape index (κ3) is 2.74. The minimum atomic E-state index is 0.0424. The monoisotopic (exact) mass is 223 g/mol. The third-order valence-electron chi connectivity index (χ3n) is 2.56. The van der Waals surface area contributed by atoms with Crippen LogP contribution in [0.5, 0.6) is 5.75 Å². The van der Waals surface area contributed by atoms with Crippen molar-refractivity contribution >= 4 is 0 Å². The van der Waals surface area contributed by atoms with Gasteiger partial charge >= 0.3 is 0 Å². The number of benzene rings is 1. The van der Waals surface area contributed by atoms with Crippen molar-refractivity contribution in [3.8, 4) is 5.75 Å². The molecule has 0 spiro atoms. The van der Waals surface area contributed by atoms with Crippen molar-refractivity contribution in [3.63, 3.8) is 0 Å². The van der Waals surface area contributed by atoms with Crippen LogP contribution in [0, 0.1) is 6.92 Å². The fourth-order valence-corrected chi connectivity index (χ4v) is 1.84. The Morgan fingerprint density at radius 1 is 1.25 bits per heavy atom. The topological polar surface area (TPSA) is 44.5 Å². The van der Waals surface area contributed by atoms with E-state index in [-0.39, 0.29) is 5.41 Å². The van der Waals surface area contributed by atoms with Crippen molar-refractivity contribution in [2.75, 3.05) is 7.11 Å². The van der Waals surface area contributed by atoms with E-state index in [1.165, 1.54) is 11.1 Å². The van der Waals surface area contributed by atoms with Crippen LogP contribution in [0.4, 0.5) is 0 Å². The molecule has 0 aliphatic rings. The predicted molar refractivity (Wildman–Crippen MR) is 65.4 cm³/mol. The van der Waals surface area contributed by atoms with Gasteiger partial charge in [0.1, 0.15) is 5.75 Å². The number of aryl methyl sites for hydroxylation is 1. The van der Waals surface area contributed by atoms with Gasteiger partial charge in [-0.3, -0.25) is 4.84 Å². The van der Waals surface area contributed by atoms with Gasteiger partial charge in [-0.2, -0.15) is 0 Å². The molecular weight excluding hydrogens is 202 g/mol. The molecule has 0 saturated carbocycles. The van der Waals surface area contributed by atoms with Gasteiger partial charge in [0.25, 0.3) is 0 Å². The molecule has 0 radical (unpaired) electrons. The number of hydrogen-bond donors (Lipinski definition) is 1. The van der Waals surface area contributed by atoms with Crippen molar-refractivity contribution in [2.45, 2.75) is 39.7 Å².